The van der Waals surface area contributed by atoms with E-state index in [9.17, 15) is 4.79 Å². The lowest BCUT2D eigenvalue weighted by Gasteiger charge is -2.00. The van der Waals surface area contributed by atoms with Gasteiger partial charge in [0.1, 0.15) is 5.03 Å². The Morgan fingerprint density at radius 2 is 2.23 bits per heavy atom. The number of allylic oxidation sites excluding steroid dienone is 1. The highest BCUT2D eigenvalue weighted by Gasteiger charge is 2.44. The van der Waals surface area contributed by atoms with Crippen molar-refractivity contribution in [2.24, 2.45) is 11.3 Å². The number of carbonyl (C=O) groups is 1. The van der Waals surface area contributed by atoms with Crippen molar-refractivity contribution < 1.29 is 9.53 Å². The van der Waals surface area contributed by atoms with Crippen LogP contribution in [0.5, 0.6) is 0 Å². The summed E-state index contributed by atoms with van der Waals surface area (Å²) in [4.78, 5) is 11.1. The van der Waals surface area contributed by atoms with E-state index in [2.05, 4.69) is 13.8 Å². The molecular formula is C10H15ClO2. The van der Waals surface area contributed by atoms with Gasteiger partial charge >= 0.3 is 5.97 Å². The van der Waals surface area contributed by atoms with Gasteiger partial charge in [0, 0.05) is 0 Å². The summed E-state index contributed by atoms with van der Waals surface area (Å²) in [5.41, 5.74) is 0.312. The molecule has 0 aliphatic heterocycles. The number of ether oxygens (including phenoxy) is 1. The second-order valence-corrected chi connectivity index (χ2v) is 4.44. The summed E-state index contributed by atoms with van der Waals surface area (Å²) in [6.45, 7) is 6.45. The van der Waals surface area contributed by atoms with Gasteiger partial charge in [0.05, 0.1) is 6.61 Å². The minimum atomic E-state index is -0.410. The average molecular weight is 203 g/mol. The standard InChI is InChI=1S/C10H15ClO2/c1-4-13-9(12)8(11)5-7-6-10(7,2)3/h5,7H,4,6H2,1-3H3. The normalized spacial score (nSPS) is 25.5. The topological polar surface area (TPSA) is 26.3 Å². The largest absolute Gasteiger partial charge is 0.462 e. The smallest absolute Gasteiger partial charge is 0.349 e. The first-order valence-electron chi connectivity index (χ1n) is 4.52. The van der Waals surface area contributed by atoms with Crippen molar-refractivity contribution in [3.63, 3.8) is 0 Å². The number of carbonyl (C=O) groups excluding carboxylic acids is 1. The Morgan fingerprint density at radius 3 is 2.62 bits per heavy atom. The van der Waals surface area contributed by atoms with Gasteiger partial charge in [0.15, 0.2) is 0 Å². The molecule has 1 aliphatic carbocycles. The summed E-state index contributed by atoms with van der Waals surface area (Å²) in [5.74, 6) is 0.0243. The zero-order valence-electron chi connectivity index (χ0n) is 8.26. The molecule has 0 spiro atoms. The molecule has 0 radical (unpaired) electrons. The van der Waals surface area contributed by atoms with Crippen LogP contribution in [0.3, 0.4) is 0 Å². The van der Waals surface area contributed by atoms with E-state index < -0.39 is 5.97 Å². The summed E-state index contributed by atoms with van der Waals surface area (Å²) in [5, 5.41) is 0.220. The van der Waals surface area contributed by atoms with Crippen LogP contribution in [0.2, 0.25) is 0 Å². The van der Waals surface area contributed by atoms with Crippen molar-refractivity contribution in [2.75, 3.05) is 6.61 Å². The molecule has 1 aliphatic rings. The molecule has 2 nitrogen and oxygen atoms in total. The maximum atomic E-state index is 11.1. The van der Waals surface area contributed by atoms with Gasteiger partial charge in [0.25, 0.3) is 0 Å². The summed E-state index contributed by atoms with van der Waals surface area (Å²) in [6, 6.07) is 0. The minimum absolute atomic E-state index is 0.220. The Labute approximate surface area is 83.9 Å². The molecular weight excluding hydrogens is 188 g/mol. The summed E-state index contributed by atoms with van der Waals surface area (Å²) < 4.78 is 4.76. The molecule has 3 heteroatoms. The second-order valence-electron chi connectivity index (χ2n) is 4.03. The van der Waals surface area contributed by atoms with Gasteiger partial charge in [-0.05, 0) is 24.7 Å². The van der Waals surface area contributed by atoms with E-state index in [4.69, 9.17) is 16.3 Å². The highest BCUT2D eigenvalue weighted by atomic mass is 35.5. The average Bonchev–Trinajstić information content (AvgIpc) is 2.59. The Kier molecular flexibility index (Phi) is 3.01. The van der Waals surface area contributed by atoms with Crippen molar-refractivity contribution in [1.29, 1.82) is 0 Å². The monoisotopic (exact) mass is 202 g/mol. The number of esters is 1. The van der Waals surface area contributed by atoms with Crippen LogP contribution in [0.4, 0.5) is 0 Å². The van der Waals surface area contributed by atoms with E-state index in [-0.39, 0.29) is 5.03 Å². The molecule has 0 heterocycles. The molecule has 0 aromatic rings. The zero-order valence-corrected chi connectivity index (χ0v) is 9.02. The second kappa shape index (κ2) is 3.70. The number of hydrogen-bond acceptors (Lipinski definition) is 2. The van der Waals surface area contributed by atoms with Crippen LogP contribution in [0.25, 0.3) is 0 Å². The van der Waals surface area contributed by atoms with Crippen molar-refractivity contribution in [1.82, 2.24) is 0 Å². The lowest BCUT2D eigenvalue weighted by atomic mass is 10.1. The van der Waals surface area contributed by atoms with E-state index in [1.165, 1.54) is 0 Å². The fourth-order valence-corrected chi connectivity index (χ4v) is 1.44. The highest BCUT2D eigenvalue weighted by molar-refractivity contribution is 6.41. The highest BCUT2D eigenvalue weighted by Crippen LogP contribution is 2.53. The molecule has 0 amide bonds. The lowest BCUT2D eigenvalue weighted by molar-refractivity contribution is -0.137. The van der Waals surface area contributed by atoms with Gasteiger partial charge in [-0.3, -0.25) is 0 Å². The minimum Gasteiger partial charge on any atom is -0.462 e. The number of halogens is 1. The predicted octanol–water partition coefficient (Wildman–Crippen LogP) is 2.72. The van der Waals surface area contributed by atoms with E-state index in [0.29, 0.717) is 17.9 Å². The van der Waals surface area contributed by atoms with Gasteiger partial charge in [0.2, 0.25) is 0 Å². The van der Waals surface area contributed by atoms with Gasteiger partial charge in [-0.15, -0.1) is 0 Å². The SMILES string of the molecule is CCOC(=O)C(Cl)=CC1CC1(C)C. The maximum absolute atomic E-state index is 11.1. The Hall–Kier alpha value is -0.500. The molecule has 1 rings (SSSR count). The molecule has 0 saturated heterocycles. The third-order valence-corrected chi connectivity index (χ3v) is 2.69. The van der Waals surface area contributed by atoms with Gasteiger partial charge in [-0.2, -0.15) is 0 Å². The molecule has 1 atom stereocenters. The van der Waals surface area contributed by atoms with E-state index in [1.54, 1.807) is 13.0 Å². The van der Waals surface area contributed by atoms with Crippen LogP contribution >= 0.6 is 11.6 Å². The Balaban J connectivity index is 2.48. The van der Waals surface area contributed by atoms with E-state index in [0.717, 1.165) is 6.42 Å². The van der Waals surface area contributed by atoms with Gasteiger partial charge in [-0.1, -0.05) is 31.5 Å². The molecule has 1 fully saturated rings. The van der Waals surface area contributed by atoms with Gasteiger partial charge in [-0.25, -0.2) is 4.79 Å². The first kappa shape index (κ1) is 10.6. The molecule has 0 bridgehead atoms. The third kappa shape index (κ3) is 2.73. The molecule has 74 valence electrons. The van der Waals surface area contributed by atoms with E-state index >= 15 is 0 Å². The first-order chi connectivity index (χ1) is 5.97. The van der Waals surface area contributed by atoms with Crippen LogP contribution in [0.1, 0.15) is 27.2 Å². The molecule has 0 aromatic heterocycles. The Morgan fingerprint density at radius 1 is 1.69 bits per heavy atom. The maximum Gasteiger partial charge on any atom is 0.349 e. The summed E-state index contributed by atoms with van der Waals surface area (Å²) in [6.07, 6.45) is 2.90. The van der Waals surface area contributed by atoms with Crippen LogP contribution in [-0.2, 0) is 9.53 Å². The van der Waals surface area contributed by atoms with Crippen molar-refractivity contribution in [3.05, 3.63) is 11.1 Å². The Bertz CT molecular complexity index is 243. The van der Waals surface area contributed by atoms with Crippen LogP contribution in [0, 0.1) is 11.3 Å². The quantitative estimate of drug-likeness (QED) is 0.520. The molecule has 13 heavy (non-hydrogen) atoms. The lowest BCUT2D eigenvalue weighted by Crippen LogP contribution is -2.04. The molecule has 0 aromatic carbocycles. The third-order valence-electron chi connectivity index (χ3n) is 2.41. The van der Waals surface area contributed by atoms with Crippen molar-refractivity contribution in [2.45, 2.75) is 27.2 Å². The number of hydrogen-bond donors (Lipinski definition) is 0. The molecule has 1 unspecified atom stereocenters. The summed E-state index contributed by atoms with van der Waals surface area (Å²) in [7, 11) is 0. The van der Waals surface area contributed by atoms with Crippen LogP contribution < -0.4 is 0 Å². The molecule has 0 N–H and O–H groups in total. The molecule has 1 saturated carbocycles. The fraction of sp³-hybridized carbons (Fsp3) is 0.700. The van der Waals surface area contributed by atoms with Crippen molar-refractivity contribution in [3.8, 4) is 0 Å². The summed E-state index contributed by atoms with van der Waals surface area (Å²) >= 11 is 5.76. The fourth-order valence-electron chi connectivity index (χ4n) is 1.24. The van der Waals surface area contributed by atoms with Gasteiger partial charge < -0.3 is 4.74 Å². The van der Waals surface area contributed by atoms with E-state index in [1.807, 2.05) is 0 Å². The first-order valence-corrected chi connectivity index (χ1v) is 4.89. The zero-order chi connectivity index (χ0) is 10.1. The predicted molar refractivity (Wildman–Crippen MR) is 52.5 cm³/mol. The van der Waals surface area contributed by atoms with Crippen LogP contribution in [0.15, 0.2) is 11.1 Å². The van der Waals surface area contributed by atoms with Crippen molar-refractivity contribution >= 4 is 17.6 Å². The number of rotatable bonds is 3. The van der Waals surface area contributed by atoms with Crippen LogP contribution in [-0.4, -0.2) is 12.6 Å².